The third-order valence-corrected chi connectivity index (χ3v) is 4.27. The lowest BCUT2D eigenvalue weighted by Crippen LogP contribution is -2.06. The first-order valence-electron chi connectivity index (χ1n) is 7.68. The Balaban J connectivity index is 1.98. The molecule has 112 valence electrons. The smallest absolute Gasteiger partial charge is 0.162 e. The van der Waals surface area contributed by atoms with Crippen LogP contribution in [0.1, 0.15) is 43.1 Å². The first kappa shape index (κ1) is 13.4. The van der Waals surface area contributed by atoms with Crippen molar-refractivity contribution in [1.29, 1.82) is 0 Å². The number of nitrogens with one attached hydrogen (secondary N) is 1. The van der Waals surface area contributed by atoms with Crippen molar-refractivity contribution in [2.45, 2.75) is 39.0 Å². The third kappa shape index (κ3) is 1.92. The second-order valence-corrected chi connectivity index (χ2v) is 6.10. The Morgan fingerprint density at radius 2 is 1.95 bits per heavy atom. The predicted molar refractivity (Wildman–Crippen MR) is 83.2 cm³/mol. The molecule has 0 unspecified atom stereocenters. The summed E-state index contributed by atoms with van der Waals surface area (Å²) in [4.78, 5) is 9.32. The van der Waals surface area contributed by atoms with Crippen molar-refractivity contribution in [2.24, 2.45) is 0 Å². The van der Waals surface area contributed by atoms with Gasteiger partial charge >= 0.3 is 0 Å². The van der Waals surface area contributed by atoms with E-state index in [2.05, 4.69) is 15.2 Å². The Hall–Kier alpha value is -2.30. The number of hydrogen-bond donors (Lipinski definition) is 1. The minimum absolute atomic E-state index is 0.0733. The number of benzene rings is 1. The van der Waals surface area contributed by atoms with E-state index in [1.54, 1.807) is 6.07 Å². The molecule has 0 spiro atoms. The van der Waals surface area contributed by atoms with E-state index < -0.39 is 0 Å². The number of aromatic nitrogens is 4. The van der Waals surface area contributed by atoms with Crippen LogP contribution < -0.4 is 0 Å². The van der Waals surface area contributed by atoms with Crippen molar-refractivity contribution < 1.29 is 4.39 Å². The van der Waals surface area contributed by atoms with Crippen LogP contribution in [-0.2, 0) is 12.8 Å². The van der Waals surface area contributed by atoms with E-state index in [-0.39, 0.29) is 11.7 Å². The lowest BCUT2D eigenvalue weighted by atomic mass is 9.95. The van der Waals surface area contributed by atoms with Crippen LogP contribution in [0.4, 0.5) is 4.39 Å². The summed E-state index contributed by atoms with van der Waals surface area (Å²) < 4.78 is 14.2. The Bertz CT molecular complexity index is 866. The summed E-state index contributed by atoms with van der Waals surface area (Å²) in [5.74, 6) is 0.460. The number of rotatable bonds is 2. The summed E-state index contributed by atoms with van der Waals surface area (Å²) in [7, 11) is 0. The zero-order chi connectivity index (χ0) is 15.3. The molecule has 1 aliphatic carbocycles. The van der Waals surface area contributed by atoms with Gasteiger partial charge in [0.25, 0.3) is 0 Å². The molecule has 5 heteroatoms. The number of H-pyrrole nitrogens is 1. The van der Waals surface area contributed by atoms with Crippen LogP contribution in [0.2, 0.25) is 0 Å². The zero-order valence-corrected chi connectivity index (χ0v) is 12.7. The molecule has 0 saturated heterocycles. The number of aryl methyl sites for hydroxylation is 2. The molecule has 0 bridgehead atoms. The SMILES string of the molecule is CC(C)c1c(F)cccc1-c1nc2c3c(n[nH]c3n1)CCC2. The van der Waals surface area contributed by atoms with Crippen LogP contribution in [0.5, 0.6) is 0 Å². The maximum Gasteiger partial charge on any atom is 0.162 e. The van der Waals surface area contributed by atoms with Gasteiger partial charge in [0.1, 0.15) is 5.82 Å². The van der Waals surface area contributed by atoms with E-state index >= 15 is 0 Å². The van der Waals surface area contributed by atoms with Crippen LogP contribution in [0, 0.1) is 5.82 Å². The molecule has 4 nitrogen and oxygen atoms in total. The van der Waals surface area contributed by atoms with Crippen molar-refractivity contribution in [3.05, 3.63) is 41.0 Å². The third-order valence-electron chi connectivity index (χ3n) is 4.27. The number of hydrogen-bond acceptors (Lipinski definition) is 3. The molecule has 0 amide bonds. The Morgan fingerprint density at radius 1 is 1.14 bits per heavy atom. The molecule has 1 aromatic carbocycles. The largest absolute Gasteiger partial charge is 0.260 e. The molecule has 2 aromatic heterocycles. The van der Waals surface area contributed by atoms with Gasteiger partial charge in [0.15, 0.2) is 11.5 Å². The first-order valence-corrected chi connectivity index (χ1v) is 7.68. The molecule has 3 aromatic rings. The van der Waals surface area contributed by atoms with Crippen LogP contribution in [0.3, 0.4) is 0 Å². The highest BCUT2D eigenvalue weighted by Crippen LogP contribution is 2.32. The second kappa shape index (κ2) is 4.87. The van der Waals surface area contributed by atoms with E-state index in [1.807, 2.05) is 19.9 Å². The summed E-state index contributed by atoms with van der Waals surface area (Å²) in [5.41, 5.74) is 4.27. The number of aromatic amines is 1. The minimum atomic E-state index is -0.199. The minimum Gasteiger partial charge on any atom is -0.260 e. The highest BCUT2D eigenvalue weighted by atomic mass is 19.1. The average molecular weight is 296 g/mol. The molecule has 2 heterocycles. The van der Waals surface area contributed by atoms with Gasteiger partial charge in [-0.25, -0.2) is 14.4 Å². The maximum absolute atomic E-state index is 14.2. The van der Waals surface area contributed by atoms with Crippen LogP contribution in [0.15, 0.2) is 18.2 Å². The molecule has 0 fully saturated rings. The van der Waals surface area contributed by atoms with E-state index in [4.69, 9.17) is 4.98 Å². The van der Waals surface area contributed by atoms with Crippen molar-refractivity contribution >= 4 is 11.0 Å². The van der Waals surface area contributed by atoms with E-state index in [0.717, 1.165) is 47.2 Å². The van der Waals surface area contributed by atoms with E-state index in [0.29, 0.717) is 11.4 Å². The predicted octanol–water partition coefficient (Wildman–Crippen LogP) is 3.77. The molecule has 0 atom stereocenters. The fourth-order valence-electron chi connectivity index (χ4n) is 3.29. The molecule has 0 radical (unpaired) electrons. The fourth-order valence-corrected chi connectivity index (χ4v) is 3.29. The van der Waals surface area contributed by atoms with Crippen molar-refractivity contribution in [2.75, 3.05) is 0 Å². The van der Waals surface area contributed by atoms with Gasteiger partial charge in [0.05, 0.1) is 16.8 Å². The van der Waals surface area contributed by atoms with Gasteiger partial charge in [-0.3, -0.25) is 5.10 Å². The topological polar surface area (TPSA) is 54.5 Å². The lowest BCUT2D eigenvalue weighted by molar-refractivity contribution is 0.599. The molecule has 1 N–H and O–H groups in total. The zero-order valence-electron chi connectivity index (χ0n) is 12.7. The highest BCUT2D eigenvalue weighted by Gasteiger charge is 2.21. The van der Waals surface area contributed by atoms with Gasteiger partial charge in [-0.15, -0.1) is 0 Å². The molecule has 4 rings (SSSR count). The second-order valence-electron chi connectivity index (χ2n) is 6.10. The molecule has 22 heavy (non-hydrogen) atoms. The van der Waals surface area contributed by atoms with Crippen LogP contribution in [-0.4, -0.2) is 20.2 Å². The molecule has 0 aliphatic heterocycles. The highest BCUT2D eigenvalue weighted by molar-refractivity contribution is 5.83. The first-order chi connectivity index (χ1) is 10.6. The number of nitrogens with zero attached hydrogens (tertiary/aromatic N) is 3. The molecular formula is C17H17FN4. The van der Waals surface area contributed by atoms with Gasteiger partial charge in [0, 0.05) is 11.1 Å². The number of halogens is 1. The molecule has 1 aliphatic rings. The van der Waals surface area contributed by atoms with Crippen molar-refractivity contribution in [3.63, 3.8) is 0 Å². The standard InChI is InChI=1S/C17H17FN4/c1-9(2)14-10(5-3-6-11(14)18)16-19-12-7-4-8-13-15(12)17(20-16)22-21-13/h3,5-6,9H,4,7-8H2,1-2H3,(H,19,20,21,22). The monoisotopic (exact) mass is 296 g/mol. The van der Waals surface area contributed by atoms with Gasteiger partial charge in [-0.1, -0.05) is 26.0 Å². The summed E-state index contributed by atoms with van der Waals surface area (Å²) in [6.07, 6.45) is 2.93. The quantitative estimate of drug-likeness (QED) is 0.783. The Labute approximate surface area is 127 Å². The van der Waals surface area contributed by atoms with E-state index in [1.165, 1.54) is 6.07 Å². The Kier molecular flexibility index (Phi) is 2.96. The summed E-state index contributed by atoms with van der Waals surface area (Å²) in [6.45, 7) is 3.97. The van der Waals surface area contributed by atoms with E-state index in [9.17, 15) is 4.39 Å². The van der Waals surface area contributed by atoms with Crippen LogP contribution in [0.25, 0.3) is 22.4 Å². The van der Waals surface area contributed by atoms with Gasteiger partial charge < -0.3 is 0 Å². The van der Waals surface area contributed by atoms with Gasteiger partial charge in [0.2, 0.25) is 0 Å². The lowest BCUT2D eigenvalue weighted by Gasteiger charge is -2.15. The van der Waals surface area contributed by atoms with Crippen LogP contribution >= 0.6 is 0 Å². The Morgan fingerprint density at radius 3 is 2.77 bits per heavy atom. The van der Waals surface area contributed by atoms with Gasteiger partial charge in [-0.2, -0.15) is 5.10 Å². The maximum atomic E-state index is 14.2. The van der Waals surface area contributed by atoms with Crippen molar-refractivity contribution in [3.8, 4) is 11.4 Å². The van der Waals surface area contributed by atoms with Gasteiger partial charge in [-0.05, 0) is 31.2 Å². The average Bonchev–Trinajstić information content (AvgIpc) is 2.91. The normalized spacial score (nSPS) is 14.0. The molecule has 0 saturated carbocycles. The fraction of sp³-hybridized carbons (Fsp3) is 0.353. The summed E-state index contributed by atoms with van der Waals surface area (Å²) in [6, 6.07) is 5.11. The van der Waals surface area contributed by atoms with Crippen molar-refractivity contribution in [1.82, 2.24) is 20.2 Å². The summed E-state index contributed by atoms with van der Waals surface area (Å²) in [5, 5.41) is 8.39. The summed E-state index contributed by atoms with van der Waals surface area (Å²) >= 11 is 0. The molecular weight excluding hydrogens is 279 g/mol.